The summed E-state index contributed by atoms with van der Waals surface area (Å²) < 4.78 is 0. The SMILES string of the molecule is CCCC1CC1NC(=NC)NCCCN1CCCCC1C. The molecule has 1 aliphatic heterocycles. The molecule has 3 atom stereocenters. The Morgan fingerprint density at radius 1 is 1.33 bits per heavy atom. The Bertz CT molecular complexity index is 329. The fourth-order valence-electron chi connectivity index (χ4n) is 3.46. The van der Waals surface area contributed by atoms with Crippen molar-refractivity contribution in [2.45, 2.75) is 70.9 Å². The van der Waals surface area contributed by atoms with E-state index < -0.39 is 0 Å². The van der Waals surface area contributed by atoms with Crippen molar-refractivity contribution < 1.29 is 0 Å². The summed E-state index contributed by atoms with van der Waals surface area (Å²) in [5, 5.41) is 7.02. The summed E-state index contributed by atoms with van der Waals surface area (Å²) in [4.78, 5) is 6.98. The Labute approximate surface area is 130 Å². The number of guanidine groups is 1. The van der Waals surface area contributed by atoms with Crippen LogP contribution in [-0.2, 0) is 0 Å². The van der Waals surface area contributed by atoms with Gasteiger partial charge in [0, 0.05) is 32.2 Å². The third-order valence-corrected chi connectivity index (χ3v) is 4.98. The molecular formula is C17H34N4. The highest BCUT2D eigenvalue weighted by atomic mass is 15.2. The van der Waals surface area contributed by atoms with Gasteiger partial charge < -0.3 is 15.5 Å². The molecule has 0 spiro atoms. The van der Waals surface area contributed by atoms with E-state index in [1.807, 2.05) is 7.05 Å². The molecule has 2 aliphatic rings. The van der Waals surface area contributed by atoms with Crippen LogP contribution in [0.1, 0.15) is 58.8 Å². The number of hydrogen-bond acceptors (Lipinski definition) is 2. The van der Waals surface area contributed by atoms with E-state index in [2.05, 4.69) is 34.4 Å². The van der Waals surface area contributed by atoms with Gasteiger partial charge in [0.15, 0.2) is 5.96 Å². The number of nitrogens with zero attached hydrogens (tertiary/aromatic N) is 2. The average Bonchev–Trinajstić information content (AvgIpc) is 3.22. The summed E-state index contributed by atoms with van der Waals surface area (Å²) >= 11 is 0. The lowest BCUT2D eigenvalue weighted by atomic mass is 10.0. The summed E-state index contributed by atoms with van der Waals surface area (Å²) in [6.45, 7) is 8.16. The van der Waals surface area contributed by atoms with Crippen molar-refractivity contribution in [1.29, 1.82) is 0 Å². The molecule has 1 saturated heterocycles. The zero-order valence-electron chi connectivity index (χ0n) is 14.2. The van der Waals surface area contributed by atoms with Gasteiger partial charge in [-0.05, 0) is 51.5 Å². The molecule has 1 aliphatic carbocycles. The summed E-state index contributed by atoms with van der Waals surface area (Å²) in [7, 11) is 1.87. The molecule has 0 radical (unpaired) electrons. The third kappa shape index (κ3) is 5.50. The Morgan fingerprint density at radius 2 is 2.19 bits per heavy atom. The smallest absolute Gasteiger partial charge is 0.191 e. The second-order valence-corrected chi connectivity index (χ2v) is 6.77. The van der Waals surface area contributed by atoms with Crippen LogP contribution in [0.5, 0.6) is 0 Å². The lowest BCUT2D eigenvalue weighted by Gasteiger charge is -2.33. The molecule has 2 rings (SSSR count). The molecule has 2 N–H and O–H groups in total. The van der Waals surface area contributed by atoms with Crippen molar-refractivity contribution in [3.8, 4) is 0 Å². The standard InChI is InChI=1S/C17H34N4/c1-4-8-15-13-16(15)20-17(18-3)19-10-7-12-21-11-6-5-9-14(21)2/h14-16H,4-13H2,1-3H3,(H2,18,19,20). The van der Waals surface area contributed by atoms with Crippen LogP contribution in [0, 0.1) is 5.92 Å². The van der Waals surface area contributed by atoms with Gasteiger partial charge in [0.05, 0.1) is 0 Å². The van der Waals surface area contributed by atoms with Crippen LogP contribution in [0.4, 0.5) is 0 Å². The molecule has 0 aromatic carbocycles. The number of nitrogens with one attached hydrogen (secondary N) is 2. The highest BCUT2D eigenvalue weighted by molar-refractivity contribution is 5.80. The lowest BCUT2D eigenvalue weighted by molar-refractivity contribution is 0.159. The molecule has 0 bridgehead atoms. The largest absolute Gasteiger partial charge is 0.356 e. The molecule has 1 saturated carbocycles. The van der Waals surface area contributed by atoms with Crippen LogP contribution < -0.4 is 10.6 Å². The van der Waals surface area contributed by atoms with Gasteiger partial charge >= 0.3 is 0 Å². The van der Waals surface area contributed by atoms with Crippen molar-refractivity contribution in [1.82, 2.24) is 15.5 Å². The molecular weight excluding hydrogens is 260 g/mol. The first kappa shape index (κ1) is 16.6. The zero-order chi connectivity index (χ0) is 15.1. The van der Waals surface area contributed by atoms with Crippen molar-refractivity contribution in [2.75, 3.05) is 26.7 Å². The molecule has 4 heteroatoms. The highest BCUT2D eigenvalue weighted by Crippen LogP contribution is 2.34. The Balaban J connectivity index is 1.56. The van der Waals surface area contributed by atoms with Crippen molar-refractivity contribution >= 4 is 5.96 Å². The van der Waals surface area contributed by atoms with E-state index in [1.54, 1.807) is 0 Å². The summed E-state index contributed by atoms with van der Waals surface area (Å²) in [6, 6.07) is 1.44. The minimum atomic E-state index is 0.665. The van der Waals surface area contributed by atoms with Crippen LogP contribution in [0.25, 0.3) is 0 Å². The first-order valence-corrected chi connectivity index (χ1v) is 8.95. The predicted molar refractivity (Wildman–Crippen MR) is 90.8 cm³/mol. The predicted octanol–water partition coefficient (Wildman–Crippen LogP) is 2.60. The average molecular weight is 294 g/mol. The fourth-order valence-corrected chi connectivity index (χ4v) is 3.46. The molecule has 21 heavy (non-hydrogen) atoms. The van der Waals surface area contributed by atoms with Crippen LogP contribution in [-0.4, -0.2) is 49.6 Å². The van der Waals surface area contributed by atoms with Gasteiger partial charge in [-0.2, -0.15) is 0 Å². The normalized spacial score (nSPS) is 30.2. The maximum atomic E-state index is 4.34. The van der Waals surface area contributed by atoms with E-state index in [9.17, 15) is 0 Å². The van der Waals surface area contributed by atoms with Crippen molar-refractivity contribution in [3.05, 3.63) is 0 Å². The first-order chi connectivity index (χ1) is 10.2. The van der Waals surface area contributed by atoms with E-state index >= 15 is 0 Å². The molecule has 0 aromatic heterocycles. The molecule has 3 unspecified atom stereocenters. The van der Waals surface area contributed by atoms with E-state index in [0.29, 0.717) is 6.04 Å². The fraction of sp³-hybridized carbons (Fsp3) is 0.941. The highest BCUT2D eigenvalue weighted by Gasteiger charge is 2.36. The van der Waals surface area contributed by atoms with Gasteiger partial charge in [0.1, 0.15) is 0 Å². The summed E-state index contributed by atoms with van der Waals surface area (Å²) in [6.07, 6.45) is 9.32. The Kier molecular flexibility index (Phi) is 6.81. The maximum Gasteiger partial charge on any atom is 0.191 e. The molecule has 122 valence electrons. The minimum Gasteiger partial charge on any atom is -0.356 e. The number of piperidine rings is 1. The third-order valence-electron chi connectivity index (χ3n) is 4.98. The van der Waals surface area contributed by atoms with Gasteiger partial charge in [0.2, 0.25) is 0 Å². The molecule has 1 heterocycles. The molecule has 4 nitrogen and oxygen atoms in total. The van der Waals surface area contributed by atoms with E-state index in [-0.39, 0.29) is 0 Å². The van der Waals surface area contributed by atoms with Crippen molar-refractivity contribution in [3.63, 3.8) is 0 Å². The number of rotatable bonds is 7. The number of likely N-dealkylation sites (tertiary alicyclic amines) is 1. The van der Waals surface area contributed by atoms with Gasteiger partial charge in [0.25, 0.3) is 0 Å². The molecule has 2 fully saturated rings. The van der Waals surface area contributed by atoms with E-state index in [1.165, 1.54) is 58.0 Å². The van der Waals surface area contributed by atoms with Crippen LogP contribution in [0.2, 0.25) is 0 Å². The second kappa shape index (κ2) is 8.62. The molecule has 0 aromatic rings. The second-order valence-electron chi connectivity index (χ2n) is 6.77. The maximum absolute atomic E-state index is 4.34. The number of hydrogen-bond donors (Lipinski definition) is 2. The van der Waals surface area contributed by atoms with Gasteiger partial charge in [-0.1, -0.05) is 19.8 Å². The van der Waals surface area contributed by atoms with Gasteiger partial charge in [-0.15, -0.1) is 0 Å². The Morgan fingerprint density at radius 3 is 2.90 bits per heavy atom. The monoisotopic (exact) mass is 294 g/mol. The Hall–Kier alpha value is -0.770. The van der Waals surface area contributed by atoms with Gasteiger partial charge in [-0.25, -0.2) is 0 Å². The van der Waals surface area contributed by atoms with Crippen LogP contribution in [0.3, 0.4) is 0 Å². The minimum absolute atomic E-state index is 0.665. The van der Waals surface area contributed by atoms with E-state index in [0.717, 1.165) is 24.5 Å². The quantitative estimate of drug-likeness (QED) is 0.431. The zero-order valence-corrected chi connectivity index (χ0v) is 14.2. The van der Waals surface area contributed by atoms with Crippen LogP contribution >= 0.6 is 0 Å². The van der Waals surface area contributed by atoms with Crippen LogP contribution in [0.15, 0.2) is 4.99 Å². The molecule has 0 amide bonds. The lowest BCUT2D eigenvalue weighted by Crippen LogP contribution is -2.42. The van der Waals surface area contributed by atoms with Gasteiger partial charge in [-0.3, -0.25) is 4.99 Å². The summed E-state index contributed by atoms with van der Waals surface area (Å²) in [5.41, 5.74) is 0. The van der Waals surface area contributed by atoms with E-state index in [4.69, 9.17) is 0 Å². The topological polar surface area (TPSA) is 39.7 Å². The van der Waals surface area contributed by atoms with Crippen molar-refractivity contribution in [2.24, 2.45) is 10.9 Å². The summed E-state index contributed by atoms with van der Waals surface area (Å²) in [5.74, 6) is 1.87. The number of aliphatic imine (C=N–C) groups is 1. The first-order valence-electron chi connectivity index (χ1n) is 8.95.